The molecule has 0 bridgehead atoms. The Balaban J connectivity index is 1.33. The molecule has 0 saturated carbocycles. The summed E-state index contributed by atoms with van der Waals surface area (Å²) in [4.78, 5) is 11.4. The predicted octanol–water partition coefficient (Wildman–Crippen LogP) is 2.94. The molecule has 2 atom stereocenters. The van der Waals surface area contributed by atoms with Gasteiger partial charge in [-0.05, 0) is 32.3 Å². The molecule has 2 aliphatic rings. The van der Waals surface area contributed by atoms with E-state index in [1.165, 1.54) is 0 Å². The monoisotopic (exact) mass is 374 g/mol. The summed E-state index contributed by atoms with van der Waals surface area (Å²) in [5.41, 5.74) is 2.24. The maximum absolute atomic E-state index is 6.00. The smallest absolute Gasteiger partial charge is 0.212 e. The van der Waals surface area contributed by atoms with Gasteiger partial charge in [0.2, 0.25) is 5.88 Å². The van der Waals surface area contributed by atoms with Crippen LogP contribution in [0.2, 0.25) is 0 Å². The summed E-state index contributed by atoms with van der Waals surface area (Å²) in [6.07, 6.45) is 5.28. The molecule has 4 heterocycles. The summed E-state index contributed by atoms with van der Waals surface area (Å²) in [5, 5.41) is 7.13. The molecule has 0 amide bonds. The summed E-state index contributed by atoms with van der Waals surface area (Å²) in [6.45, 7) is 4.98. The summed E-state index contributed by atoms with van der Waals surface area (Å²) < 4.78 is 11.1. The number of rotatable bonds is 5. The number of pyridine rings is 1. The van der Waals surface area contributed by atoms with Gasteiger partial charge in [0.25, 0.3) is 0 Å². The zero-order chi connectivity index (χ0) is 17.9. The van der Waals surface area contributed by atoms with Crippen LogP contribution in [0.3, 0.4) is 0 Å². The molecular weight excluding hydrogens is 348 g/mol. The molecule has 2 fully saturated rings. The Morgan fingerprint density at radius 1 is 1.27 bits per heavy atom. The minimum atomic E-state index is 0.0769. The molecule has 6 nitrogen and oxygen atoms in total. The first-order chi connectivity index (χ1) is 12.7. The van der Waals surface area contributed by atoms with E-state index in [2.05, 4.69) is 38.6 Å². The normalized spacial score (nSPS) is 24.2. The van der Waals surface area contributed by atoms with Crippen molar-refractivity contribution in [3.05, 3.63) is 35.0 Å². The van der Waals surface area contributed by atoms with Crippen molar-refractivity contribution in [2.24, 2.45) is 0 Å². The molecule has 2 aromatic heterocycles. The van der Waals surface area contributed by atoms with E-state index in [0.717, 1.165) is 55.3 Å². The lowest BCUT2D eigenvalue weighted by Gasteiger charge is -2.34. The standard InChI is InChI=1S/C19H26N4O2S/c1-13-12-26-19(21-13)23-8-5-15(6-9-23)22-16-7-10-25-18(16)14-3-4-17(24-2)20-11-14/h3-4,11-12,15-16,18,22H,5-10H2,1-2H3/t16-,18+/m0/s1. The molecule has 7 heteroatoms. The fraction of sp³-hybridized carbons (Fsp3) is 0.579. The van der Waals surface area contributed by atoms with E-state index < -0.39 is 0 Å². The van der Waals surface area contributed by atoms with E-state index >= 15 is 0 Å². The second-order valence-corrected chi connectivity index (χ2v) is 7.86. The maximum Gasteiger partial charge on any atom is 0.212 e. The van der Waals surface area contributed by atoms with Crippen molar-refractivity contribution < 1.29 is 9.47 Å². The number of aryl methyl sites for hydroxylation is 1. The summed E-state index contributed by atoms with van der Waals surface area (Å²) in [5.74, 6) is 0.640. The van der Waals surface area contributed by atoms with Gasteiger partial charge in [-0.2, -0.15) is 0 Å². The lowest BCUT2D eigenvalue weighted by Crippen LogP contribution is -2.47. The first-order valence-corrected chi connectivity index (χ1v) is 10.2. The van der Waals surface area contributed by atoms with E-state index in [9.17, 15) is 0 Å². The average molecular weight is 375 g/mol. The number of aromatic nitrogens is 2. The van der Waals surface area contributed by atoms with Crippen molar-refractivity contribution in [3.63, 3.8) is 0 Å². The van der Waals surface area contributed by atoms with Gasteiger partial charge in [-0.15, -0.1) is 11.3 Å². The first kappa shape index (κ1) is 17.7. The number of hydrogen-bond acceptors (Lipinski definition) is 7. The van der Waals surface area contributed by atoms with Crippen LogP contribution in [0.1, 0.15) is 36.6 Å². The molecule has 0 aromatic carbocycles. The molecule has 1 N–H and O–H groups in total. The van der Waals surface area contributed by atoms with Crippen molar-refractivity contribution in [3.8, 4) is 5.88 Å². The fourth-order valence-corrected chi connectivity index (χ4v) is 4.65. The van der Waals surface area contributed by atoms with Gasteiger partial charge in [-0.3, -0.25) is 0 Å². The third-order valence-corrected chi connectivity index (χ3v) is 6.23. The SMILES string of the molecule is COc1ccc([C@H]2OCC[C@@H]2NC2CCN(c3nc(C)cs3)CC2)cn1. The van der Waals surface area contributed by atoms with Crippen LogP contribution in [0, 0.1) is 6.92 Å². The highest BCUT2D eigenvalue weighted by molar-refractivity contribution is 7.13. The first-order valence-electron chi connectivity index (χ1n) is 9.27. The Kier molecular flexibility index (Phi) is 5.38. The number of anilines is 1. The number of methoxy groups -OCH3 is 1. The van der Waals surface area contributed by atoms with Gasteiger partial charge in [0.1, 0.15) is 0 Å². The Hall–Kier alpha value is -1.70. The Labute approximate surface area is 158 Å². The molecule has 2 aliphatic heterocycles. The third kappa shape index (κ3) is 3.84. The van der Waals surface area contributed by atoms with Gasteiger partial charge >= 0.3 is 0 Å². The molecule has 0 spiro atoms. The highest BCUT2D eigenvalue weighted by atomic mass is 32.1. The van der Waals surface area contributed by atoms with E-state index in [0.29, 0.717) is 18.0 Å². The quantitative estimate of drug-likeness (QED) is 0.868. The molecule has 0 aliphatic carbocycles. The lowest BCUT2D eigenvalue weighted by atomic mass is 9.99. The summed E-state index contributed by atoms with van der Waals surface area (Å²) in [7, 11) is 1.64. The van der Waals surface area contributed by atoms with Crippen molar-refractivity contribution >= 4 is 16.5 Å². The van der Waals surface area contributed by atoms with Crippen molar-refractivity contribution in [2.75, 3.05) is 31.7 Å². The molecular formula is C19H26N4O2S. The maximum atomic E-state index is 6.00. The Bertz CT molecular complexity index is 713. The molecule has 140 valence electrons. The minimum Gasteiger partial charge on any atom is -0.481 e. The molecule has 0 radical (unpaired) electrons. The Morgan fingerprint density at radius 3 is 2.77 bits per heavy atom. The van der Waals surface area contributed by atoms with Crippen LogP contribution < -0.4 is 15.0 Å². The van der Waals surface area contributed by atoms with Gasteiger partial charge in [0.15, 0.2) is 5.13 Å². The molecule has 0 unspecified atom stereocenters. The van der Waals surface area contributed by atoms with Crippen molar-refractivity contribution in [2.45, 2.75) is 44.4 Å². The highest BCUT2D eigenvalue weighted by Gasteiger charge is 2.32. The number of piperidine rings is 1. The van der Waals surface area contributed by atoms with Gasteiger partial charge in [-0.1, -0.05) is 0 Å². The van der Waals surface area contributed by atoms with Crippen molar-refractivity contribution in [1.29, 1.82) is 0 Å². The molecule has 26 heavy (non-hydrogen) atoms. The second-order valence-electron chi connectivity index (χ2n) is 7.02. The van der Waals surface area contributed by atoms with Crippen LogP contribution in [-0.2, 0) is 4.74 Å². The zero-order valence-electron chi connectivity index (χ0n) is 15.4. The predicted molar refractivity (Wildman–Crippen MR) is 103 cm³/mol. The summed E-state index contributed by atoms with van der Waals surface area (Å²) >= 11 is 1.75. The van der Waals surface area contributed by atoms with Crippen LogP contribution in [0.25, 0.3) is 0 Å². The number of nitrogens with zero attached hydrogens (tertiary/aromatic N) is 3. The average Bonchev–Trinajstić information content (AvgIpc) is 3.31. The van der Waals surface area contributed by atoms with Crippen molar-refractivity contribution in [1.82, 2.24) is 15.3 Å². The van der Waals surface area contributed by atoms with Crippen LogP contribution in [0.5, 0.6) is 5.88 Å². The lowest BCUT2D eigenvalue weighted by molar-refractivity contribution is 0.0951. The third-order valence-electron chi connectivity index (χ3n) is 5.21. The highest BCUT2D eigenvalue weighted by Crippen LogP contribution is 2.31. The number of ether oxygens (including phenoxy) is 2. The van der Waals surface area contributed by atoms with Crippen LogP contribution in [0.15, 0.2) is 23.7 Å². The van der Waals surface area contributed by atoms with E-state index in [1.54, 1.807) is 18.4 Å². The largest absolute Gasteiger partial charge is 0.481 e. The van der Waals surface area contributed by atoms with E-state index in [1.807, 2.05) is 12.3 Å². The van der Waals surface area contributed by atoms with E-state index in [-0.39, 0.29) is 6.10 Å². The number of hydrogen-bond donors (Lipinski definition) is 1. The molecule has 2 aromatic rings. The topological polar surface area (TPSA) is 59.5 Å². The zero-order valence-corrected chi connectivity index (χ0v) is 16.2. The van der Waals surface area contributed by atoms with Gasteiger partial charge in [0.05, 0.1) is 18.9 Å². The second kappa shape index (κ2) is 7.90. The molecule has 2 saturated heterocycles. The van der Waals surface area contributed by atoms with Gasteiger partial charge in [0, 0.05) is 55.0 Å². The van der Waals surface area contributed by atoms with Gasteiger partial charge < -0.3 is 19.7 Å². The fourth-order valence-electron chi connectivity index (χ4n) is 3.80. The van der Waals surface area contributed by atoms with Crippen LogP contribution in [-0.4, -0.2) is 48.9 Å². The Morgan fingerprint density at radius 2 is 2.12 bits per heavy atom. The summed E-state index contributed by atoms with van der Waals surface area (Å²) in [6, 6.07) is 4.85. The van der Waals surface area contributed by atoms with Crippen LogP contribution in [0.4, 0.5) is 5.13 Å². The van der Waals surface area contributed by atoms with E-state index in [4.69, 9.17) is 9.47 Å². The minimum absolute atomic E-state index is 0.0769. The number of thiazole rings is 1. The van der Waals surface area contributed by atoms with Gasteiger partial charge in [-0.25, -0.2) is 9.97 Å². The molecule has 4 rings (SSSR count). The van der Waals surface area contributed by atoms with Crippen LogP contribution >= 0.6 is 11.3 Å². The number of nitrogens with one attached hydrogen (secondary N) is 1.